The van der Waals surface area contributed by atoms with E-state index >= 15 is 0 Å². The SMILES string of the molecule is Clc1ccc(-n2cccn2)c(NCc2cccs2)c1. The zero-order valence-electron chi connectivity index (χ0n) is 10.1. The van der Waals surface area contributed by atoms with Crippen LogP contribution in [0.1, 0.15) is 4.88 Å². The van der Waals surface area contributed by atoms with E-state index in [0.717, 1.165) is 17.9 Å². The molecule has 0 saturated carbocycles. The van der Waals surface area contributed by atoms with Gasteiger partial charge in [0.25, 0.3) is 0 Å². The highest BCUT2D eigenvalue weighted by Gasteiger charge is 2.06. The van der Waals surface area contributed by atoms with Crippen LogP contribution in [-0.2, 0) is 6.54 Å². The highest BCUT2D eigenvalue weighted by molar-refractivity contribution is 7.09. The lowest BCUT2D eigenvalue weighted by Crippen LogP contribution is -2.04. The lowest BCUT2D eigenvalue weighted by Gasteiger charge is -2.12. The molecule has 96 valence electrons. The second-order valence-electron chi connectivity index (χ2n) is 4.05. The van der Waals surface area contributed by atoms with Gasteiger partial charge in [0.05, 0.1) is 11.4 Å². The van der Waals surface area contributed by atoms with Gasteiger partial charge < -0.3 is 5.32 Å². The molecule has 3 aromatic rings. The van der Waals surface area contributed by atoms with Crippen LogP contribution in [0.3, 0.4) is 0 Å². The van der Waals surface area contributed by atoms with Crippen molar-refractivity contribution < 1.29 is 0 Å². The average Bonchev–Trinajstić information content (AvgIpc) is 3.10. The van der Waals surface area contributed by atoms with Gasteiger partial charge in [0.2, 0.25) is 0 Å². The number of aromatic nitrogens is 2. The fourth-order valence-corrected chi connectivity index (χ4v) is 2.67. The summed E-state index contributed by atoms with van der Waals surface area (Å²) >= 11 is 7.80. The molecule has 0 aliphatic carbocycles. The van der Waals surface area contributed by atoms with Crippen molar-refractivity contribution in [3.05, 3.63) is 64.1 Å². The van der Waals surface area contributed by atoms with Crippen LogP contribution in [0.5, 0.6) is 0 Å². The number of benzene rings is 1. The molecule has 0 saturated heterocycles. The molecule has 19 heavy (non-hydrogen) atoms. The smallest absolute Gasteiger partial charge is 0.0877 e. The Morgan fingerprint density at radius 3 is 2.95 bits per heavy atom. The molecular formula is C14H12ClN3S. The fraction of sp³-hybridized carbons (Fsp3) is 0.0714. The molecule has 0 aliphatic rings. The molecular weight excluding hydrogens is 278 g/mol. The lowest BCUT2D eigenvalue weighted by atomic mass is 10.2. The third kappa shape index (κ3) is 2.80. The van der Waals surface area contributed by atoms with Crippen molar-refractivity contribution in [2.75, 3.05) is 5.32 Å². The number of thiophene rings is 1. The average molecular weight is 290 g/mol. The summed E-state index contributed by atoms with van der Waals surface area (Å²) in [6.07, 6.45) is 3.68. The highest BCUT2D eigenvalue weighted by atomic mass is 35.5. The summed E-state index contributed by atoms with van der Waals surface area (Å²) in [5, 5.41) is 10.5. The van der Waals surface area contributed by atoms with E-state index in [2.05, 4.69) is 21.9 Å². The van der Waals surface area contributed by atoms with Crippen LogP contribution in [-0.4, -0.2) is 9.78 Å². The zero-order valence-corrected chi connectivity index (χ0v) is 11.7. The van der Waals surface area contributed by atoms with E-state index in [-0.39, 0.29) is 0 Å². The number of halogens is 1. The molecule has 3 nitrogen and oxygen atoms in total. The van der Waals surface area contributed by atoms with Crippen molar-refractivity contribution in [3.8, 4) is 5.69 Å². The monoisotopic (exact) mass is 289 g/mol. The molecule has 0 spiro atoms. The number of nitrogens with one attached hydrogen (secondary N) is 1. The van der Waals surface area contributed by atoms with Gasteiger partial charge in [-0.3, -0.25) is 0 Å². The van der Waals surface area contributed by atoms with Crippen LogP contribution in [0, 0.1) is 0 Å². The molecule has 1 N–H and O–H groups in total. The molecule has 0 amide bonds. The van der Waals surface area contributed by atoms with Crippen molar-refractivity contribution >= 4 is 28.6 Å². The Hall–Kier alpha value is -1.78. The third-order valence-electron chi connectivity index (χ3n) is 2.74. The van der Waals surface area contributed by atoms with E-state index < -0.39 is 0 Å². The van der Waals surface area contributed by atoms with Crippen molar-refractivity contribution in [1.29, 1.82) is 0 Å². The molecule has 0 unspecified atom stereocenters. The quantitative estimate of drug-likeness (QED) is 0.780. The maximum atomic E-state index is 6.07. The van der Waals surface area contributed by atoms with Crippen LogP contribution >= 0.6 is 22.9 Å². The summed E-state index contributed by atoms with van der Waals surface area (Å²) in [4.78, 5) is 1.28. The zero-order chi connectivity index (χ0) is 13.1. The van der Waals surface area contributed by atoms with Gasteiger partial charge in [-0.2, -0.15) is 5.10 Å². The maximum absolute atomic E-state index is 6.07. The highest BCUT2D eigenvalue weighted by Crippen LogP contribution is 2.25. The Balaban J connectivity index is 1.88. The molecule has 0 fully saturated rings. The Bertz CT molecular complexity index is 647. The summed E-state index contributed by atoms with van der Waals surface area (Å²) in [6, 6.07) is 11.8. The van der Waals surface area contributed by atoms with Gasteiger partial charge >= 0.3 is 0 Å². The van der Waals surface area contributed by atoms with Gasteiger partial charge in [0.1, 0.15) is 0 Å². The minimum absolute atomic E-state index is 0.713. The van der Waals surface area contributed by atoms with Gasteiger partial charge in [-0.25, -0.2) is 4.68 Å². The van der Waals surface area contributed by atoms with Crippen molar-refractivity contribution in [1.82, 2.24) is 9.78 Å². The van der Waals surface area contributed by atoms with Crippen molar-refractivity contribution in [2.24, 2.45) is 0 Å². The van der Waals surface area contributed by atoms with Gasteiger partial charge in [-0.15, -0.1) is 11.3 Å². The molecule has 2 aromatic heterocycles. The van der Waals surface area contributed by atoms with Gasteiger partial charge in [-0.1, -0.05) is 17.7 Å². The Morgan fingerprint density at radius 1 is 1.26 bits per heavy atom. The Labute approximate surface area is 120 Å². The second-order valence-corrected chi connectivity index (χ2v) is 5.51. The third-order valence-corrected chi connectivity index (χ3v) is 3.85. The van der Waals surface area contributed by atoms with Crippen LogP contribution in [0.4, 0.5) is 5.69 Å². The van der Waals surface area contributed by atoms with Crippen molar-refractivity contribution in [2.45, 2.75) is 6.54 Å². The topological polar surface area (TPSA) is 29.9 Å². The minimum atomic E-state index is 0.713. The predicted molar refractivity (Wildman–Crippen MR) is 80.2 cm³/mol. The summed E-state index contributed by atoms with van der Waals surface area (Å²) < 4.78 is 1.83. The molecule has 2 heterocycles. The number of nitrogens with zero attached hydrogens (tertiary/aromatic N) is 2. The first-order chi connectivity index (χ1) is 9.33. The summed E-state index contributed by atoms with van der Waals surface area (Å²) in [6.45, 7) is 0.784. The summed E-state index contributed by atoms with van der Waals surface area (Å²) in [5.41, 5.74) is 1.97. The van der Waals surface area contributed by atoms with E-state index in [1.807, 2.05) is 41.2 Å². The molecule has 1 aromatic carbocycles. The van der Waals surface area contributed by atoms with Crippen LogP contribution < -0.4 is 5.32 Å². The number of hydrogen-bond acceptors (Lipinski definition) is 3. The molecule has 5 heteroatoms. The molecule has 3 rings (SSSR count). The van der Waals surface area contributed by atoms with E-state index in [9.17, 15) is 0 Å². The predicted octanol–water partition coefficient (Wildman–Crippen LogP) is 4.20. The Morgan fingerprint density at radius 2 is 2.21 bits per heavy atom. The molecule has 0 atom stereocenters. The normalized spacial score (nSPS) is 10.6. The number of hydrogen-bond donors (Lipinski definition) is 1. The van der Waals surface area contributed by atoms with E-state index in [1.165, 1.54) is 4.88 Å². The van der Waals surface area contributed by atoms with Crippen LogP contribution in [0.2, 0.25) is 5.02 Å². The Kier molecular flexibility index (Phi) is 3.53. The number of rotatable bonds is 4. The molecule has 0 bridgehead atoms. The minimum Gasteiger partial charge on any atom is -0.378 e. The standard InChI is InChI=1S/C14H12ClN3S/c15-11-4-5-14(18-7-2-6-17-18)13(9-11)16-10-12-3-1-8-19-12/h1-9,16H,10H2. The summed E-state index contributed by atoms with van der Waals surface area (Å²) in [7, 11) is 0. The second kappa shape index (κ2) is 5.47. The van der Waals surface area contributed by atoms with Gasteiger partial charge in [0.15, 0.2) is 0 Å². The first-order valence-corrected chi connectivity index (χ1v) is 7.14. The first kappa shape index (κ1) is 12.3. The summed E-state index contributed by atoms with van der Waals surface area (Å²) in [5.74, 6) is 0. The largest absolute Gasteiger partial charge is 0.378 e. The maximum Gasteiger partial charge on any atom is 0.0877 e. The van der Waals surface area contributed by atoms with E-state index in [0.29, 0.717) is 5.02 Å². The lowest BCUT2D eigenvalue weighted by molar-refractivity contribution is 0.879. The number of anilines is 1. The molecule has 0 radical (unpaired) electrons. The van der Waals surface area contributed by atoms with Gasteiger partial charge in [0, 0.05) is 28.8 Å². The van der Waals surface area contributed by atoms with Crippen molar-refractivity contribution in [3.63, 3.8) is 0 Å². The first-order valence-electron chi connectivity index (χ1n) is 5.89. The van der Waals surface area contributed by atoms with E-state index in [1.54, 1.807) is 17.5 Å². The van der Waals surface area contributed by atoms with E-state index in [4.69, 9.17) is 11.6 Å². The molecule has 0 aliphatic heterocycles. The fourth-order valence-electron chi connectivity index (χ4n) is 1.86. The van der Waals surface area contributed by atoms with Crippen LogP contribution in [0.15, 0.2) is 54.2 Å². The van der Waals surface area contributed by atoms with Gasteiger partial charge in [-0.05, 0) is 35.7 Å². The van der Waals surface area contributed by atoms with Crippen LogP contribution in [0.25, 0.3) is 5.69 Å².